The first kappa shape index (κ1) is 20.5. The Kier molecular flexibility index (Phi) is 5.43. The minimum atomic E-state index is -1.78. The van der Waals surface area contributed by atoms with Gasteiger partial charge in [-0.3, -0.25) is 14.9 Å². The van der Waals surface area contributed by atoms with Crippen LogP contribution in [0.5, 0.6) is 5.75 Å². The number of hydrogen-bond donors (Lipinski definition) is 1. The number of aryl methyl sites for hydroxylation is 2. The summed E-state index contributed by atoms with van der Waals surface area (Å²) in [5.41, 5.74) is 0.199. The van der Waals surface area contributed by atoms with Gasteiger partial charge in [0.25, 0.3) is 17.4 Å². The van der Waals surface area contributed by atoms with Crippen molar-refractivity contribution < 1.29 is 23.9 Å². The molecule has 1 atom stereocenters. The fraction of sp³-hybridized carbons (Fsp3) is 0.300. The number of rotatable bonds is 5. The van der Waals surface area contributed by atoms with E-state index >= 15 is 0 Å². The maximum absolute atomic E-state index is 12.9. The molecule has 1 aromatic heterocycles. The van der Waals surface area contributed by atoms with Crippen molar-refractivity contribution in [2.24, 2.45) is 0 Å². The van der Waals surface area contributed by atoms with Gasteiger partial charge in [-0.15, -0.1) is 0 Å². The highest BCUT2D eigenvalue weighted by molar-refractivity contribution is 7.17. The molecule has 1 aliphatic heterocycles. The fourth-order valence-corrected chi connectivity index (χ4v) is 3.72. The third-order valence-electron chi connectivity index (χ3n) is 4.47. The van der Waals surface area contributed by atoms with E-state index in [0.717, 1.165) is 16.9 Å². The van der Waals surface area contributed by atoms with E-state index in [4.69, 9.17) is 9.47 Å². The van der Waals surface area contributed by atoms with Gasteiger partial charge in [-0.25, -0.2) is 9.78 Å². The van der Waals surface area contributed by atoms with Gasteiger partial charge in [0.2, 0.25) is 0 Å². The van der Waals surface area contributed by atoms with Crippen molar-refractivity contribution >= 4 is 39.9 Å². The number of carbonyl (C=O) groups excluding carboxylic acids is 3. The summed E-state index contributed by atoms with van der Waals surface area (Å²) in [6, 6.07) is 5.38. The highest BCUT2D eigenvalue weighted by Crippen LogP contribution is 2.38. The molecule has 8 nitrogen and oxygen atoms in total. The summed E-state index contributed by atoms with van der Waals surface area (Å²) in [6.07, 6.45) is 1.46. The molecular weight excluding hydrogens is 394 g/mol. The Morgan fingerprint density at radius 1 is 1.41 bits per heavy atom. The lowest BCUT2D eigenvalue weighted by Gasteiger charge is -2.37. The van der Waals surface area contributed by atoms with Crippen LogP contribution in [0.2, 0.25) is 0 Å². The average Bonchev–Trinajstić information content (AvgIpc) is 3.05. The molecule has 0 spiro atoms. The van der Waals surface area contributed by atoms with Crippen molar-refractivity contribution in [3.05, 3.63) is 47.0 Å². The zero-order chi connectivity index (χ0) is 21.3. The number of likely N-dealkylation sites (N-methyl/N-ethyl adjacent to an activating group) is 1. The molecule has 2 heterocycles. The van der Waals surface area contributed by atoms with Crippen molar-refractivity contribution in [1.82, 2.24) is 4.98 Å². The first-order valence-corrected chi connectivity index (χ1v) is 9.63. The number of nitrogens with zero attached hydrogens (tertiary/aromatic N) is 2. The highest BCUT2D eigenvalue weighted by atomic mass is 32.1. The fourth-order valence-electron chi connectivity index (χ4n) is 2.87. The molecule has 0 saturated heterocycles. The molecular formula is C20H21N3O5S. The topological polar surface area (TPSA) is 97.8 Å². The molecule has 152 valence electrons. The van der Waals surface area contributed by atoms with E-state index in [1.807, 2.05) is 19.1 Å². The summed E-state index contributed by atoms with van der Waals surface area (Å²) in [5.74, 6) is -1.31. The molecule has 2 amide bonds. The van der Waals surface area contributed by atoms with Crippen molar-refractivity contribution in [3.8, 4) is 5.75 Å². The van der Waals surface area contributed by atoms with Gasteiger partial charge in [-0.05, 0) is 38.5 Å². The summed E-state index contributed by atoms with van der Waals surface area (Å²) in [5, 5.41) is 2.76. The molecule has 0 fully saturated rings. The zero-order valence-electron chi connectivity index (χ0n) is 16.6. The first-order chi connectivity index (χ1) is 13.7. The summed E-state index contributed by atoms with van der Waals surface area (Å²) in [4.78, 5) is 43.7. The Morgan fingerprint density at radius 3 is 2.83 bits per heavy atom. The van der Waals surface area contributed by atoms with E-state index < -0.39 is 23.4 Å². The standard InChI is InChI=1S/C20H21N3O5S/c1-6-9-27-16(24)15-12(3)21-19(29-15)22-17(25)20(4)18(26)23(5)13-10-11(2)7-8-14(13)28-20/h6-8,10H,1,9H2,2-5H3,(H,21,22,25). The van der Waals surface area contributed by atoms with Crippen LogP contribution < -0.4 is 15.0 Å². The van der Waals surface area contributed by atoms with Gasteiger partial charge in [0.1, 0.15) is 17.2 Å². The molecule has 9 heteroatoms. The lowest BCUT2D eigenvalue weighted by atomic mass is 10.00. The van der Waals surface area contributed by atoms with Crippen LogP contribution in [-0.2, 0) is 14.3 Å². The maximum Gasteiger partial charge on any atom is 0.350 e. The molecule has 1 N–H and O–H groups in total. The third-order valence-corrected chi connectivity index (χ3v) is 5.52. The number of ether oxygens (including phenoxy) is 2. The van der Waals surface area contributed by atoms with Crippen LogP contribution in [-0.4, -0.2) is 42.0 Å². The lowest BCUT2D eigenvalue weighted by Crippen LogP contribution is -2.59. The molecule has 1 unspecified atom stereocenters. The number of fused-ring (bicyclic) bond motifs is 1. The van der Waals surface area contributed by atoms with Crippen LogP contribution in [0.3, 0.4) is 0 Å². The van der Waals surface area contributed by atoms with E-state index in [1.165, 1.54) is 17.9 Å². The Labute approximate surface area is 172 Å². The Bertz CT molecular complexity index is 1020. The van der Waals surface area contributed by atoms with Crippen LogP contribution in [0.15, 0.2) is 30.9 Å². The van der Waals surface area contributed by atoms with Gasteiger partial charge in [0, 0.05) is 7.05 Å². The van der Waals surface area contributed by atoms with Crippen LogP contribution in [0.4, 0.5) is 10.8 Å². The van der Waals surface area contributed by atoms with Gasteiger partial charge < -0.3 is 14.4 Å². The minimum absolute atomic E-state index is 0.0729. The molecule has 0 aliphatic carbocycles. The summed E-state index contributed by atoms with van der Waals surface area (Å²) < 4.78 is 10.8. The number of esters is 1. The molecule has 0 radical (unpaired) electrons. The monoisotopic (exact) mass is 415 g/mol. The zero-order valence-corrected chi connectivity index (χ0v) is 17.4. The number of carbonyl (C=O) groups is 3. The summed E-state index contributed by atoms with van der Waals surface area (Å²) in [6.45, 7) is 8.51. The largest absolute Gasteiger partial charge is 0.465 e. The van der Waals surface area contributed by atoms with E-state index in [2.05, 4.69) is 16.9 Å². The predicted molar refractivity (Wildman–Crippen MR) is 110 cm³/mol. The SMILES string of the molecule is C=CCOC(=O)c1sc(NC(=O)C2(C)Oc3ccc(C)cc3N(C)C2=O)nc1C. The second kappa shape index (κ2) is 7.67. The Hall–Kier alpha value is -3.20. The number of nitrogens with one attached hydrogen (secondary N) is 1. The van der Waals surface area contributed by atoms with E-state index in [-0.39, 0.29) is 16.6 Å². The summed E-state index contributed by atoms with van der Waals surface area (Å²) in [7, 11) is 1.59. The summed E-state index contributed by atoms with van der Waals surface area (Å²) >= 11 is 0.966. The van der Waals surface area contributed by atoms with Gasteiger partial charge in [0.15, 0.2) is 5.13 Å². The number of thiazole rings is 1. The first-order valence-electron chi connectivity index (χ1n) is 8.82. The molecule has 0 saturated carbocycles. The van der Waals surface area contributed by atoms with E-state index in [1.54, 1.807) is 20.0 Å². The second-order valence-corrected chi connectivity index (χ2v) is 7.74. The van der Waals surface area contributed by atoms with E-state index in [0.29, 0.717) is 17.1 Å². The number of anilines is 2. The number of hydrogen-bond acceptors (Lipinski definition) is 7. The average molecular weight is 415 g/mol. The molecule has 3 rings (SSSR count). The number of benzene rings is 1. The smallest absolute Gasteiger partial charge is 0.350 e. The van der Waals surface area contributed by atoms with Gasteiger partial charge in [-0.2, -0.15) is 0 Å². The quantitative estimate of drug-likeness (QED) is 0.458. The van der Waals surface area contributed by atoms with Gasteiger partial charge >= 0.3 is 5.97 Å². The third kappa shape index (κ3) is 3.73. The van der Waals surface area contributed by atoms with Crippen LogP contribution in [0.25, 0.3) is 0 Å². The van der Waals surface area contributed by atoms with Gasteiger partial charge in [-0.1, -0.05) is 30.1 Å². The van der Waals surface area contributed by atoms with Crippen molar-refractivity contribution in [1.29, 1.82) is 0 Å². The number of aromatic nitrogens is 1. The molecule has 2 aromatic rings. The van der Waals surface area contributed by atoms with Crippen LogP contribution in [0.1, 0.15) is 27.9 Å². The molecule has 1 aliphatic rings. The maximum atomic E-state index is 12.9. The molecule has 29 heavy (non-hydrogen) atoms. The van der Waals surface area contributed by atoms with Crippen molar-refractivity contribution in [3.63, 3.8) is 0 Å². The lowest BCUT2D eigenvalue weighted by molar-refractivity contribution is -0.144. The highest BCUT2D eigenvalue weighted by Gasteiger charge is 2.50. The molecule has 0 bridgehead atoms. The van der Waals surface area contributed by atoms with Crippen molar-refractivity contribution in [2.75, 3.05) is 23.9 Å². The van der Waals surface area contributed by atoms with Crippen molar-refractivity contribution in [2.45, 2.75) is 26.4 Å². The minimum Gasteiger partial charge on any atom is -0.465 e. The number of amides is 2. The second-order valence-electron chi connectivity index (χ2n) is 6.75. The van der Waals surface area contributed by atoms with Crippen LogP contribution in [0, 0.1) is 13.8 Å². The Balaban J connectivity index is 1.83. The predicted octanol–water partition coefficient (Wildman–Crippen LogP) is 2.86. The van der Waals surface area contributed by atoms with Gasteiger partial charge in [0.05, 0.1) is 11.4 Å². The Morgan fingerprint density at radius 2 is 2.14 bits per heavy atom. The van der Waals surface area contributed by atoms with Crippen LogP contribution >= 0.6 is 11.3 Å². The van der Waals surface area contributed by atoms with E-state index in [9.17, 15) is 14.4 Å². The molecule has 1 aromatic carbocycles. The normalized spacial score (nSPS) is 17.9.